The molecule has 1 atom stereocenters. The minimum absolute atomic E-state index is 0.0722. The molecule has 0 aliphatic heterocycles. The molecule has 0 heterocycles. The van der Waals surface area contributed by atoms with Crippen LogP contribution >= 0.6 is 11.6 Å². The molecule has 2 aromatic rings. The summed E-state index contributed by atoms with van der Waals surface area (Å²) in [7, 11) is 0. The van der Waals surface area contributed by atoms with Gasteiger partial charge in [-0.2, -0.15) is 5.26 Å². The fourth-order valence-corrected chi connectivity index (χ4v) is 2.58. The molecule has 0 saturated heterocycles. The van der Waals surface area contributed by atoms with Crippen LogP contribution in [-0.2, 0) is 4.79 Å². The number of hydrogen-bond donors (Lipinski definition) is 2. The predicted octanol–water partition coefficient (Wildman–Crippen LogP) is 4.23. The van der Waals surface area contributed by atoms with Crippen LogP contribution in [0.4, 0.5) is 0 Å². The number of nitrogens with zero attached hydrogens (tertiary/aromatic N) is 1. The number of benzene rings is 2. The molecule has 0 aliphatic carbocycles. The smallest absolute Gasteiger partial charge is 0.262 e. The Kier molecular flexibility index (Phi) is 6.65. The van der Waals surface area contributed by atoms with E-state index in [0.29, 0.717) is 12.2 Å². The molecule has 0 bridgehead atoms. The molecule has 0 fully saturated rings. The van der Waals surface area contributed by atoms with Crippen LogP contribution in [-0.4, -0.2) is 17.6 Å². The molecule has 0 aliphatic rings. The average Bonchev–Trinajstić information content (AvgIpc) is 2.64. The molecule has 6 heteroatoms. The number of aromatic hydroxyl groups is 1. The number of nitrogens with one attached hydrogen (secondary N) is 1. The van der Waals surface area contributed by atoms with Crippen molar-refractivity contribution in [2.75, 3.05) is 6.61 Å². The van der Waals surface area contributed by atoms with E-state index in [9.17, 15) is 15.2 Å². The fraction of sp³-hybridized carbons (Fsp3) is 0.200. The highest BCUT2D eigenvalue weighted by atomic mass is 35.5. The lowest BCUT2D eigenvalue weighted by Gasteiger charge is -2.14. The van der Waals surface area contributed by atoms with Crippen molar-refractivity contribution in [3.63, 3.8) is 0 Å². The fourth-order valence-electron chi connectivity index (χ4n) is 2.36. The molecule has 26 heavy (non-hydrogen) atoms. The number of rotatable bonds is 6. The van der Waals surface area contributed by atoms with Gasteiger partial charge in [-0.3, -0.25) is 4.79 Å². The Balaban J connectivity index is 2.24. The molecule has 1 unspecified atom stereocenters. The van der Waals surface area contributed by atoms with E-state index in [1.165, 1.54) is 18.2 Å². The van der Waals surface area contributed by atoms with Gasteiger partial charge in [-0.1, -0.05) is 41.9 Å². The topological polar surface area (TPSA) is 82.3 Å². The highest BCUT2D eigenvalue weighted by molar-refractivity contribution is 6.32. The van der Waals surface area contributed by atoms with E-state index < -0.39 is 5.91 Å². The number of amides is 1. The van der Waals surface area contributed by atoms with Crippen molar-refractivity contribution in [2.24, 2.45) is 0 Å². The lowest BCUT2D eigenvalue weighted by molar-refractivity contribution is -0.117. The van der Waals surface area contributed by atoms with Gasteiger partial charge < -0.3 is 15.2 Å². The number of phenolic OH excluding ortho intramolecular Hbond substituents is 1. The molecule has 0 saturated carbocycles. The number of carbonyl (C=O) groups is 1. The molecule has 134 valence electrons. The first-order chi connectivity index (χ1) is 12.5. The van der Waals surface area contributed by atoms with E-state index in [1.807, 2.05) is 43.3 Å². The second-order valence-corrected chi connectivity index (χ2v) is 5.97. The van der Waals surface area contributed by atoms with Crippen molar-refractivity contribution in [3.8, 4) is 17.6 Å². The van der Waals surface area contributed by atoms with E-state index in [0.717, 1.165) is 5.56 Å². The second kappa shape index (κ2) is 8.93. The van der Waals surface area contributed by atoms with Crippen LogP contribution in [0.5, 0.6) is 11.5 Å². The maximum atomic E-state index is 12.4. The standard InChI is InChI=1S/C20H19ClN2O3/c1-3-26-18-11-14(10-17(21)19(18)24)9-16(12-22)20(25)23-13(2)15-7-5-4-6-8-15/h4-11,13,24H,3H2,1-2H3,(H,23,25). The van der Waals surface area contributed by atoms with Gasteiger partial charge in [0, 0.05) is 0 Å². The molecular formula is C20H19ClN2O3. The van der Waals surface area contributed by atoms with E-state index in [1.54, 1.807) is 6.92 Å². The summed E-state index contributed by atoms with van der Waals surface area (Å²) in [5.41, 5.74) is 1.34. The zero-order valence-electron chi connectivity index (χ0n) is 14.5. The van der Waals surface area contributed by atoms with Crippen molar-refractivity contribution in [2.45, 2.75) is 19.9 Å². The first kappa shape index (κ1) is 19.4. The molecule has 2 rings (SSSR count). The minimum atomic E-state index is -0.494. The third-order valence-electron chi connectivity index (χ3n) is 3.67. The number of carbonyl (C=O) groups excluding carboxylic acids is 1. The minimum Gasteiger partial charge on any atom is -0.503 e. The summed E-state index contributed by atoms with van der Waals surface area (Å²) >= 11 is 5.98. The quantitative estimate of drug-likeness (QED) is 0.589. The molecule has 0 radical (unpaired) electrons. The van der Waals surface area contributed by atoms with Gasteiger partial charge in [0.1, 0.15) is 11.6 Å². The Bertz CT molecular complexity index is 857. The maximum Gasteiger partial charge on any atom is 0.262 e. The third kappa shape index (κ3) is 4.78. The van der Waals surface area contributed by atoms with Gasteiger partial charge in [-0.15, -0.1) is 0 Å². The molecule has 5 nitrogen and oxygen atoms in total. The van der Waals surface area contributed by atoms with E-state index in [-0.39, 0.29) is 28.1 Å². The van der Waals surface area contributed by atoms with Crippen LogP contribution in [0, 0.1) is 11.3 Å². The second-order valence-electron chi connectivity index (χ2n) is 5.56. The Morgan fingerprint density at radius 3 is 2.69 bits per heavy atom. The SMILES string of the molecule is CCOc1cc(C=C(C#N)C(=O)NC(C)c2ccccc2)cc(Cl)c1O. The number of halogens is 1. The van der Waals surface area contributed by atoms with Crippen molar-refractivity contribution in [1.29, 1.82) is 5.26 Å². The monoisotopic (exact) mass is 370 g/mol. The van der Waals surface area contributed by atoms with Gasteiger partial charge in [0.2, 0.25) is 0 Å². The normalized spacial score (nSPS) is 12.2. The molecule has 1 amide bonds. The largest absolute Gasteiger partial charge is 0.503 e. The zero-order chi connectivity index (χ0) is 19.1. The Morgan fingerprint density at radius 2 is 2.08 bits per heavy atom. The predicted molar refractivity (Wildman–Crippen MR) is 101 cm³/mol. The Morgan fingerprint density at radius 1 is 1.38 bits per heavy atom. The summed E-state index contributed by atoms with van der Waals surface area (Å²) in [6, 6.07) is 14.1. The number of hydrogen-bond acceptors (Lipinski definition) is 4. The molecule has 0 spiro atoms. The van der Waals surface area contributed by atoms with Crippen LogP contribution in [0.3, 0.4) is 0 Å². The summed E-state index contributed by atoms with van der Waals surface area (Å²) < 4.78 is 5.31. The first-order valence-corrected chi connectivity index (χ1v) is 8.47. The zero-order valence-corrected chi connectivity index (χ0v) is 15.2. The Hall–Kier alpha value is -2.97. The van der Waals surface area contributed by atoms with Crippen molar-refractivity contribution < 1.29 is 14.6 Å². The van der Waals surface area contributed by atoms with Gasteiger partial charge in [0.15, 0.2) is 11.5 Å². The Labute approximate surface area is 157 Å². The molecule has 2 aromatic carbocycles. The van der Waals surface area contributed by atoms with Crippen molar-refractivity contribution >= 4 is 23.6 Å². The summed E-state index contributed by atoms with van der Waals surface area (Å²) in [5.74, 6) is -0.473. The van der Waals surface area contributed by atoms with Crippen LogP contribution in [0.15, 0.2) is 48.0 Å². The lowest BCUT2D eigenvalue weighted by Crippen LogP contribution is -2.27. The maximum absolute atomic E-state index is 12.4. The van der Waals surface area contributed by atoms with Crippen molar-refractivity contribution in [3.05, 3.63) is 64.2 Å². The summed E-state index contributed by atoms with van der Waals surface area (Å²) in [6.07, 6.45) is 1.40. The van der Waals surface area contributed by atoms with Crippen LogP contribution < -0.4 is 10.1 Å². The van der Waals surface area contributed by atoms with Crippen LogP contribution in [0.1, 0.15) is 31.0 Å². The van der Waals surface area contributed by atoms with Gasteiger partial charge in [-0.05, 0) is 43.2 Å². The van der Waals surface area contributed by atoms with E-state index >= 15 is 0 Å². The summed E-state index contributed by atoms with van der Waals surface area (Å²) in [4.78, 5) is 12.4. The number of phenols is 1. The van der Waals surface area contributed by atoms with Crippen molar-refractivity contribution in [1.82, 2.24) is 5.32 Å². The highest BCUT2D eigenvalue weighted by Gasteiger charge is 2.15. The summed E-state index contributed by atoms with van der Waals surface area (Å²) in [6.45, 7) is 3.96. The van der Waals surface area contributed by atoms with E-state index in [4.69, 9.17) is 16.3 Å². The number of nitriles is 1. The van der Waals surface area contributed by atoms with Gasteiger partial charge in [-0.25, -0.2) is 0 Å². The lowest BCUT2D eigenvalue weighted by atomic mass is 10.1. The van der Waals surface area contributed by atoms with E-state index in [2.05, 4.69) is 5.32 Å². The molecule has 2 N–H and O–H groups in total. The van der Waals surface area contributed by atoms with Crippen LogP contribution in [0.25, 0.3) is 6.08 Å². The third-order valence-corrected chi connectivity index (χ3v) is 3.96. The average molecular weight is 371 g/mol. The summed E-state index contributed by atoms with van der Waals surface area (Å²) in [5, 5.41) is 22.1. The van der Waals surface area contributed by atoms with Gasteiger partial charge >= 0.3 is 0 Å². The number of ether oxygens (including phenoxy) is 1. The van der Waals surface area contributed by atoms with Gasteiger partial charge in [0.05, 0.1) is 17.7 Å². The first-order valence-electron chi connectivity index (χ1n) is 8.09. The van der Waals surface area contributed by atoms with Gasteiger partial charge in [0.25, 0.3) is 5.91 Å². The highest BCUT2D eigenvalue weighted by Crippen LogP contribution is 2.35. The molecular weight excluding hydrogens is 352 g/mol. The molecule has 0 aromatic heterocycles. The van der Waals surface area contributed by atoms with Crippen LogP contribution in [0.2, 0.25) is 5.02 Å².